The third-order valence-electron chi connectivity index (χ3n) is 5.39. The second-order valence-corrected chi connectivity index (χ2v) is 5.82. The number of aliphatic hydroxyl groups is 1. The minimum absolute atomic E-state index is 0.136. The third-order valence-corrected chi connectivity index (χ3v) is 5.39. The van der Waals surface area contributed by atoms with Crippen molar-refractivity contribution in [3.8, 4) is 0 Å². The van der Waals surface area contributed by atoms with Crippen LogP contribution in [0.3, 0.4) is 0 Å². The van der Waals surface area contributed by atoms with Gasteiger partial charge in [-0.3, -0.25) is 0 Å². The Kier molecular flexibility index (Phi) is 1.75. The molecule has 3 fully saturated rings. The van der Waals surface area contributed by atoms with E-state index in [0.29, 0.717) is 11.8 Å². The molecule has 3 aliphatic rings. The van der Waals surface area contributed by atoms with Gasteiger partial charge in [-0.2, -0.15) is 0 Å². The van der Waals surface area contributed by atoms with Gasteiger partial charge in [-0.15, -0.1) is 0 Å². The average molecular weight is 208 g/mol. The molecule has 15 heavy (non-hydrogen) atoms. The molecule has 0 saturated heterocycles. The quantitative estimate of drug-likeness (QED) is 0.529. The summed E-state index contributed by atoms with van der Waals surface area (Å²) < 4.78 is 5.45. The van der Waals surface area contributed by atoms with Crippen LogP contribution in [0.4, 0.5) is 0 Å². The van der Waals surface area contributed by atoms with Crippen LogP contribution in [0.15, 0.2) is 12.2 Å². The van der Waals surface area contributed by atoms with Crippen molar-refractivity contribution < 1.29 is 9.84 Å². The van der Waals surface area contributed by atoms with E-state index in [0.717, 1.165) is 6.42 Å². The van der Waals surface area contributed by atoms with E-state index in [2.05, 4.69) is 13.5 Å². The lowest BCUT2D eigenvalue weighted by Crippen LogP contribution is -2.44. The van der Waals surface area contributed by atoms with Gasteiger partial charge >= 0.3 is 0 Å². The van der Waals surface area contributed by atoms with E-state index in [-0.39, 0.29) is 11.3 Å². The third kappa shape index (κ3) is 0.891. The van der Waals surface area contributed by atoms with Crippen LogP contribution >= 0.6 is 0 Å². The van der Waals surface area contributed by atoms with Gasteiger partial charge in [0.05, 0.1) is 0 Å². The molecule has 0 aromatic rings. The standard InChI is InChI=1S/C13H20O2/c1-8-10-7-9-5-4-6-12(8,2)11(9)13(10,14)15-3/h9-11,14H,1,4-7H2,2-3H3/t9-,10-,11+,12+,13-/m1/s1. The van der Waals surface area contributed by atoms with Gasteiger partial charge in [0.1, 0.15) is 0 Å². The summed E-state index contributed by atoms with van der Waals surface area (Å²) in [5, 5.41) is 10.7. The molecule has 0 radical (unpaired) electrons. The van der Waals surface area contributed by atoms with E-state index in [4.69, 9.17) is 4.74 Å². The number of methoxy groups -OCH3 is 1. The summed E-state index contributed by atoms with van der Waals surface area (Å²) in [6.45, 7) is 6.51. The molecule has 3 saturated carbocycles. The molecular formula is C13H20O2. The summed E-state index contributed by atoms with van der Waals surface area (Å²) in [6.07, 6.45) is 4.80. The first-order chi connectivity index (χ1) is 7.04. The highest BCUT2D eigenvalue weighted by Gasteiger charge is 2.70. The van der Waals surface area contributed by atoms with Gasteiger partial charge in [0.25, 0.3) is 0 Å². The lowest BCUT2D eigenvalue weighted by Gasteiger charge is -2.45. The molecule has 3 rings (SSSR count). The summed E-state index contributed by atoms with van der Waals surface area (Å²) >= 11 is 0. The highest BCUT2D eigenvalue weighted by Crippen LogP contribution is 2.70. The Bertz CT molecular complexity index is 324. The zero-order valence-electron chi connectivity index (χ0n) is 9.62. The van der Waals surface area contributed by atoms with E-state index >= 15 is 0 Å². The van der Waals surface area contributed by atoms with Crippen LogP contribution in [0, 0.1) is 23.2 Å². The van der Waals surface area contributed by atoms with Crippen LogP contribution in [-0.4, -0.2) is 18.0 Å². The van der Waals surface area contributed by atoms with Crippen LogP contribution in [-0.2, 0) is 4.74 Å². The molecule has 0 aromatic carbocycles. The van der Waals surface area contributed by atoms with E-state index in [1.807, 2.05) is 0 Å². The van der Waals surface area contributed by atoms with E-state index in [1.54, 1.807) is 7.11 Å². The van der Waals surface area contributed by atoms with Crippen molar-refractivity contribution in [1.82, 2.24) is 0 Å². The summed E-state index contributed by atoms with van der Waals surface area (Å²) in [6, 6.07) is 0. The van der Waals surface area contributed by atoms with Crippen molar-refractivity contribution in [3.63, 3.8) is 0 Å². The van der Waals surface area contributed by atoms with Gasteiger partial charge in [-0.25, -0.2) is 0 Å². The first-order valence-electron chi connectivity index (χ1n) is 6.01. The van der Waals surface area contributed by atoms with Gasteiger partial charge in [0, 0.05) is 18.9 Å². The largest absolute Gasteiger partial charge is 0.365 e. The molecule has 0 heterocycles. The number of hydrogen-bond donors (Lipinski definition) is 1. The van der Waals surface area contributed by atoms with Gasteiger partial charge in [-0.1, -0.05) is 25.5 Å². The van der Waals surface area contributed by atoms with Crippen molar-refractivity contribution in [2.75, 3.05) is 7.11 Å². The Morgan fingerprint density at radius 2 is 2.27 bits per heavy atom. The van der Waals surface area contributed by atoms with Crippen molar-refractivity contribution >= 4 is 0 Å². The van der Waals surface area contributed by atoms with Gasteiger partial charge in [0.2, 0.25) is 0 Å². The van der Waals surface area contributed by atoms with E-state index in [1.165, 1.54) is 24.8 Å². The average Bonchev–Trinajstić information content (AvgIpc) is 2.59. The monoisotopic (exact) mass is 208 g/mol. The molecule has 0 aliphatic heterocycles. The number of hydrogen-bond acceptors (Lipinski definition) is 2. The summed E-state index contributed by atoms with van der Waals surface area (Å²) in [4.78, 5) is 0. The van der Waals surface area contributed by atoms with E-state index < -0.39 is 5.79 Å². The topological polar surface area (TPSA) is 29.5 Å². The fourth-order valence-corrected chi connectivity index (χ4v) is 4.73. The summed E-state index contributed by atoms with van der Waals surface area (Å²) in [5.41, 5.74) is 1.38. The lowest BCUT2D eigenvalue weighted by molar-refractivity contribution is -0.228. The zero-order valence-corrected chi connectivity index (χ0v) is 9.62. The van der Waals surface area contributed by atoms with Crippen molar-refractivity contribution in [1.29, 1.82) is 0 Å². The number of rotatable bonds is 1. The smallest absolute Gasteiger partial charge is 0.175 e. The fourth-order valence-electron chi connectivity index (χ4n) is 4.73. The lowest BCUT2D eigenvalue weighted by atomic mass is 9.60. The Balaban J connectivity index is 2.11. The molecule has 2 nitrogen and oxygen atoms in total. The van der Waals surface area contributed by atoms with E-state index in [9.17, 15) is 5.11 Å². The Morgan fingerprint density at radius 3 is 2.87 bits per heavy atom. The highest BCUT2D eigenvalue weighted by atomic mass is 16.6. The molecule has 84 valence electrons. The van der Waals surface area contributed by atoms with Crippen LogP contribution in [0.25, 0.3) is 0 Å². The van der Waals surface area contributed by atoms with Crippen LogP contribution in [0.2, 0.25) is 0 Å². The maximum Gasteiger partial charge on any atom is 0.175 e. The molecule has 2 bridgehead atoms. The van der Waals surface area contributed by atoms with Gasteiger partial charge in [0.15, 0.2) is 5.79 Å². The van der Waals surface area contributed by atoms with Crippen LogP contribution in [0.1, 0.15) is 32.6 Å². The molecular weight excluding hydrogens is 188 g/mol. The second kappa shape index (κ2) is 2.67. The Labute approximate surface area is 91.3 Å². The Morgan fingerprint density at radius 1 is 1.53 bits per heavy atom. The zero-order chi connectivity index (χ0) is 10.8. The molecule has 0 spiro atoms. The molecule has 0 aromatic heterocycles. The maximum absolute atomic E-state index is 10.7. The predicted molar refractivity (Wildman–Crippen MR) is 58.1 cm³/mol. The number of ether oxygens (including phenoxy) is 1. The number of fused-ring (bicyclic) bond motifs is 1. The first-order valence-corrected chi connectivity index (χ1v) is 6.01. The molecule has 2 heteroatoms. The van der Waals surface area contributed by atoms with Crippen molar-refractivity contribution in [3.05, 3.63) is 12.2 Å². The molecule has 1 N–H and O–H groups in total. The molecule has 5 atom stereocenters. The SMILES string of the molecule is C=C1[C@H]2C[C@H]3CCC[C@]1(C)[C@H]3[C@]2(O)OC. The van der Waals surface area contributed by atoms with Gasteiger partial charge in [-0.05, 0) is 30.6 Å². The van der Waals surface area contributed by atoms with Crippen LogP contribution < -0.4 is 0 Å². The maximum atomic E-state index is 10.7. The predicted octanol–water partition coefficient (Wildman–Crippen LogP) is 2.33. The normalized spacial score (nSPS) is 57.5. The molecule has 0 amide bonds. The van der Waals surface area contributed by atoms with Gasteiger partial charge < -0.3 is 9.84 Å². The highest BCUT2D eigenvalue weighted by molar-refractivity contribution is 5.32. The van der Waals surface area contributed by atoms with Crippen LogP contribution in [0.5, 0.6) is 0 Å². The fraction of sp³-hybridized carbons (Fsp3) is 0.846. The summed E-state index contributed by atoms with van der Waals surface area (Å²) in [7, 11) is 1.64. The first kappa shape index (κ1) is 9.86. The Hall–Kier alpha value is -0.340. The van der Waals surface area contributed by atoms with Crippen molar-refractivity contribution in [2.24, 2.45) is 23.2 Å². The minimum Gasteiger partial charge on any atom is -0.365 e. The second-order valence-electron chi connectivity index (χ2n) is 5.82. The van der Waals surface area contributed by atoms with Crippen molar-refractivity contribution in [2.45, 2.75) is 38.4 Å². The summed E-state index contributed by atoms with van der Waals surface area (Å²) in [5.74, 6) is 0.227. The minimum atomic E-state index is -0.906. The molecule has 3 aliphatic carbocycles. The molecule has 0 unspecified atom stereocenters.